The van der Waals surface area contributed by atoms with E-state index in [0.29, 0.717) is 6.61 Å². The number of hydrogen-bond donors (Lipinski definition) is 1. The number of carbonyl (C=O) groups is 1. The number of hydrogen-bond acceptors (Lipinski definition) is 5. The van der Waals surface area contributed by atoms with Crippen molar-refractivity contribution in [1.29, 1.82) is 5.41 Å². The SMILES string of the molecule is CC(OCc1cncn1C(C)C)N(C=N)C(=O)OC(C)(C)C. The van der Waals surface area contributed by atoms with Crippen LogP contribution in [0, 0.1) is 5.41 Å². The van der Waals surface area contributed by atoms with E-state index in [0.717, 1.165) is 16.9 Å². The van der Waals surface area contributed by atoms with Crippen molar-refractivity contribution in [1.82, 2.24) is 14.5 Å². The molecule has 0 aliphatic rings. The standard InChI is InChI=1S/C15H26N4O3/c1-11(2)19-10-17-7-13(19)8-21-12(3)18(9-16)14(20)22-15(4,5)6/h7,9-12,16H,8H2,1-6H3. The molecule has 1 N–H and O–H groups in total. The minimum Gasteiger partial charge on any atom is -0.443 e. The highest BCUT2D eigenvalue weighted by atomic mass is 16.6. The van der Waals surface area contributed by atoms with Gasteiger partial charge in [0.2, 0.25) is 0 Å². The Bertz CT molecular complexity index is 505. The van der Waals surface area contributed by atoms with E-state index < -0.39 is 17.9 Å². The molecule has 124 valence electrons. The summed E-state index contributed by atoms with van der Waals surface area (Å²) >= 11 is 0. The third-order valence-corrected chi connectivity index (χ3v) is 2.91. The number of ether oxygens (including phenoxy) is 2. The Morgan fingerprint density at radius 2 is 2.09 bits per heavy atom. The number of nitrogens with zero attached hydrogens (tertiary/aromatic N) is 3. The van der Waals surface area contributed by atoms with Gasteiger partial charge >= 0.3 is 6.09 Å². The van der Waals surface area contributed by atoms with E-state index in [1.807, 2.05) is 4.57 Å². The molecule has 22 heavy (non-hydrogen) atoms. The van der Waals surface area contributed by atoms with Crippen LogP contribution in [0.25, 0.3) is 0 Å². The molecular weight excluding hydrogens is 284 g/mol. The Morgan fingerprint density at radius 1 is 1.45 bits per heavy atom. The van der Waals surface area contributed by atoms with E-state index in [4.69, 9.17) is 14.9 Å². The van der Waals surface area contributed by atoms with Crippen molar-refractivity contribution in [2.24, 2.45) is 0 Å². The molecule has 0 bridgehead atoms. The zero-order chi connectivity index (χ0) is 16.9. The van der Waals surface area contributed by atoms with Crippen molar-refractivity contribution >= 4 is 12.4 Å². The molecule has 1 heterocycles. The monoisotopic (exact) mass is 310 g/mol. The summed E-state index contributed by atoms with van der Waals surface area (Å²) in [6.45, 7) is 11.4. The average molecular weight is 310 g/mol. The molecule has 7 heteroatoms. The molecular formula is C15H26N4O3. The maximum Gasteiger partial charge on any atom is 0.417 e. The van der Waals surface area contributed by atoms with Gasteiger partial charge in [0.25, 0.3) is 0 Å². The summed E-state index contributed by atoms with van der Waals surface area (Å²) in [6.07, 6.45) is 3.18. The van der Waals surface area contributed by atoms with Gasteiger partial charge in [0.15, 0.2) is 0 Å². The van der Waals surface area contributed by atoms with Crippen molar-refractivity contribution < 1.29 is 14.3 Å². The molecule has 0 aromatic carbocycles. The van der Waals surface area contributed by atoms with Crippen LogP contribution >= 0.6 is 0 Å². The molecule has 0 saturated heterocycles. The second-order valence-corrected chi connectivity index (χ2v) is 6.31. The lowest BCUT2D eigenvalue weighted by Gasteiger charge is -2.28. The van der Waals surface area contributed by atoms with Crippen LogP contribution in [0.2, 0.25) is 0 Å². The van der Waals surface area contributed by atoms with E-state index >= 15 is 0 Å². The highest BCUT2D eigenvalue weighted by Crippen LogP contribution is 2.14. The molecule has 7 nitrogen and oxygen atoms in total. The van der Waals surface area contributed by atoms with Crippen LogP contribution in [0.5, 0.6) is 0 Å². The van der Waals surface area contributed by atoms with E-state index in [1.54, 1.807) is 40.2 Å². The molecule has 0 aliphatic carbocycles. The lowest BCUT2D eigenvalue weighted by Crippen LogP contribution is -2.42. The first-order valence-electron chi connectivity index (χ1n) is 7.30. The third-order valence-electron chi connectivity index (χ3n) is 2.91. The first-order valence-corrected chi connectivity index (χ1v) is 7.30. The van der Waals surface area contributed by atoms with Gasteiger partial charge in [0.1, 0.15) is 11.8 Å². The minimum absolute atomic E-state index is 0.279. The van der Waals surface area contributed by atoms with Crippen LogP contribution in [-0.4, -0.2) is 38.7 Å². The largest absolute Gasteiger partial charge is 0.443 e. The average Bonchev–Trinajstić information content (AvgIpc) is 2.83. The third kappa shape index (κ3) is 5.14. The molecule has 1 unspecified atom stereocenters. The highest BCUT2D eigenvalue weighted by Gasteiger charge is 2.25. The normalized spacial score (nSPS) is 13.0. The van der Waals surface area contributed by atoms with Gasteiger partial charge in [-0.25, -0.2) is 14.7 Å². The Balaban J connectivity index is 2.65. The lowest BCUT2D eigenvalue weighted by molar-refractivity contribution is -0.0388. The van der Waals surface area contributed by atoms with Crippen LogP contribution < -0.4 is 0 Å². The van der Waals surface area contributed by atoms with Gasteiger partial charge in [-0.2, -0.15) is 0 Å². The van der Waals surface area contributed by atoms with Crippen molar-refractivity contribution in [2.75, 3.05) is 0 Å². The van der Waals surface area contributed by atoms with Crippen molar-refractivity contribution in [2.45, 2.75) is 66.0 Å². The molecule has 1 aromatic heterocycles. The highest BCUT2D eigenvalue weighted by molar-refractivity contribution is 5.81. The fraction of sp³-hybridized carbons (Fsp3) is 0.667. The molecule has 1 rings (SSSR count). The fourth-order valence-corrected chi connectivity index (χ4v) is 1.82. The van der Waals surface area contributed by atoms with Gasteiger partial charge in [0, 0.05) is 6.04 Å². The summed E-state index contributed by atoms with van der Waals surface area (Å²) in [6, 6.07) is 0.279. The summed E-state index contributed by atoms with van der Waals surface area (Å²) in [7, 11) is 0. The number of nitrogens with one attached hydrogen (secondary N) is 1. The Hall–Kier alpha value is -1.89. The summed E-state index contributed by atoms with van der Waals surface area (Å²) in [5.41, 5.74) is 0.296. The minimum atomic E-state index is -0.617. The predicted octanol–water partition coefficient (Wildman–Crippen LogP) is 3.17. The lowest BCUT2D eigenvalue weighted by atomic mass is 10.2. The van der Waals surface area contributed by atoms with Crippen molar-refractivity contribution in [3.05, 3.63) is 18.2 Å². The van der Waals surface area contributed by atoms with Crippen LogP contribution in [-0.2, 0) is 16.1 Å². The zero-order valence-corrected chi connectivity index (χ0v) is 14.2. The quantitative estimate of drug-likeness (QED) is 0.497. The van der Waals surface area contributed by atoms with Crippen LogP contribution in [0.4, 0.5) is 4.79 Å². The van der Waals surface area contributed by atoms with Gasteiger partial charge in [-0.05, 0) is 41.5 Å². The summed E-state index contributed by atoms with van der Waals surface area (Å²) < 4.78 is 12.9. The first-order chi connectivity index (χ1) is 10.2. The topological polar surface area (TPSA) is 80.4 Å². The molecule has 0 radical (unpaired) electrons. The Morgan fingerprint density at radius 3 is 2.59 bits per heavy atom. The van der Waals surface area contributed by atoms with Crippen LogP contribution in [0.3, 0.4) is 0 Å². The first kappa shape index (κ1) is 18.2. The molecule has 1 atom stereocenters. The number of imidazole rings is 1. The van der Waals surface area contributed by atoms with Crippen molar-refractivity contribution in [3.63, 3.8) is 0 Å². The van der Waals surface area contributed by atoms with E-state index in [9.17, 15) is 4.79 Å². The number of amides is 1. The Labute approximate surface area is 131 Å². The maximum atomic E-state index is 12.0. The van der Waals surface area contributed by atoms with Gasteiger partial charge in [0.05, 0.1) is 31.2 Å². The van der Waals surface area contributed by atoms with Gasteiger partial charge < -0.3 is 14.0 Å². The van der Waals surface area contributed by atoms with Crippen molar-refractivity contribution in [3.8, 4) is 0 Å². The molecule has 1 aromatic rings. The smallest absolute Gasteiger partial charge is 0.417 e. The van der Waals surface area contributed by atoms with E-state index in [-0.39, 0.29) is 6.04 Å². The summed E-state index contributed by atoms with van der Waals surface area (Å²) in [4.78, 5) is 17.2. The molecule has 1 amide bonds. The predicted molar refractivity (Wildman–Crippen MR) is 83.7 cm³/mol. The number of carbonyl (C=O) groups excluding carboxylic acids is 1. The van der Waals surface area contributed by atoms with Gasteiger partial charge in [-0.15, -0.1) is 0 Å². The number of rotatable bonds is 6. The van der Waals surface area contributed by atoms with Gasteiger partial charge in [-0.1, -0.05) is 0 Å². The fourth-order valence-electron chi connectivity index (χ4n) is 1.82. The summed E-state index contributed by atoms with van der Waals surface area (Å²) in [5, 5.41) is 7.39. The Kier molecular flexibility index (Phi) is 6.11. The zero-order valence-electron chi connectivity index (χ0n) is 14.2. The maximum absolute atomic E-state index is 12.0. The number of aromatic nitrogens is 2. The molecule has 0 spiro atoms. The molecule has 0 fully saturated rings. The summed E-state index contributed by atoms with van der Waals surface area (Å²) in [5.74, 6) is 0. The van der Waals surface area contributed by atoms with E-state index in [1.165, 1.54) is 0 Å². The second-order valence-electron chi connectivity index (χ2n) is 6.31. The molecule has 0 aliphatic heterocycles. The van der Waals surface area contributed by atoms with Crippen LogP contribution in [0.1, 0.15) is 53.3 Å². The molecule has 0 saturated carbocycles. The van der Waals surface area contributed by atoms with Gasteiger partial charge in [-0.3, -0.25) is 5.41 Å². The second kappa shape index (κ2) is 7.40. The van der Waals surface area contributed by atoms with Crippen LogP contribution in [0.15, 0.2) is 12.5 Å². The van der Waals surface area contributed by atoms with E-state index in [2.05, 4.69) is 18.8 Å².